The van der Waals surface area contributed by atoms with E-state index in [4.69, 9.17) is 4.42 Å². The molecule has 2 aromatic carbocycles. The number of anilines is 1. The summed E-state index contributed by atoms with van der Waals surface area (Å²) in [4.78, 5) is 11.4. The van der Waals surface area contributed by atoms with Gasteiger partial charge in [-0.15, -0.1) is 0 Å². The first kappa shape index (κ1) is 17.4. The standard InChI is InChI=1S/C18H12Br2N2O3/c19-11-1-4-13(5-2-11)22-21-10-14-6-8-17(25-14)15-7-3-12(20)9-16(15)18(23)24/h1-10,22H,(H,23,24). The number of nitrogens with zero attached hydrogens (tertiary/aromatic N) is 1. The van der Waals surface area contributed by atoms with Gasteiger partial charge in [-0.3, -0.25) is 5.43 Å². The second-order valence-corrected chi connectivity index (χ2v) is 6.91. The average Bonchev–Trinajstić information content (AvgIpc) is 3.05. The molecule has 0 fully saturated rings. The monoisotopic (exact) mass is 462 g/mol. The first-order valence-electron chi connectivity index (χ1n) is 7.20. The Labute approximate surface area is 160 Å². The minimum Gasteiger partial charge on any atom is -0.478 e. The predicted octanol–water partition coefficient (Wildman–Crippen LogP) is 5.62. The van der Waals surface area contributed by atoms with Crippen molar-refractivity contribution in [1.29, 1.82) is 0 Å². The molecule has 126 valence electrons. The van der Waals surface area contributed by atoms with Crippen molar-refractivity contribution in [2.45, 2.75) is 0 Å². The Balaban J connectivity index is 1.77. The number of benzene rings is 2. The Kier molecular flexibility index (Phi) is 5.35. The molecule has 0 unspecified atom stereocenters. The van der Waals surface area contributed by atoms with Crippen molar-refractivity contribution in [3.63, 3.8) is 0 Å². The normalized spacial score (nSPS) is 11.0. The molecule has 1 aromatic heterocycles. The van der Waals surface area contributed by atoms with Gasteiger partial charge in [0.05, 0.1) is 17.5 Å². The summed E-state index contributed by atoms with van der Waals surface area (Å²) < 4.78 is 7.36. The van der Waals surface area contributed by atoms with E-state index in [0.29, 0.717) is 21.6 Å². The highest BCUT2D eigenvalue weighted by Crippen LogP contribution is 2.28. The van der Waals surface area contributed by atoms with E-state index >= 15 is 0 Å². The van der Waals surface area contributed by atoms with Crippen LogP contribution in [-0.4, -0.2) is 17.3 Å². The summed E-state index contributed by atoms with van der Waals surface area (Å²) in [7, 11) is 0. The maximum Gasteiger partial charge on any atom is 0.336 e. The molecule has 5 nitrogen and oxygen atoms in total. The van der Waals surface area contributed by atoms with Crippen LogP contribution in [0.25, 0.3) is 11.3 Å². The molecule has 0 atom stereocenters. The fourth-order valence-corrected chi connectivity index (χ4v) is 2.80. The van der Waals surface area contributed by atoms with E-state index in [-0.39, 0.29) is 5.56 Å². The van der Waals surface area contributed by atoms with Crippen molar-refractivity contribution >= 4 is 49.7 Å². The number of hydrogen-bond donors (Lipinski definition) is 2. The van der Waals surface area contributed by atoms with Gasteiger partial charge >= 0.3 is 5.97 Å². The van der Waals surface area contributed by atoms with E-state index in [0.717, 1.165) is 10.2 Å². The van der Waals surface area contributed by atoms with Crippen molar-refractivity contribution in [3.05, 3.63) is 74.9 Å². The Hall–Kier alpha value is -2.38. The Bertz CT molecular complexity index is 934. The van der Waals surface area contributed by atoms with E-state index in [1.165, 1.54) is 6.21 Å². The van der Waals surface area contributed by atoms with Crippen molar-refractivity contribution in [2.75, 3.05) is 5.43 Å². The largest absolute Gasteiger partial charge is 0.478 e. The topological polar surface area (TPSA) is 74.8 Å². The average molecular weight is 464 g/mol. The second-order valence-electron chi connectivity index (χ2n) is 5.07. The molecule has 0 bridgehead atoms. The molecular formula is C18H12Br2N2O3. The second kappa shape index (κ2) is 7.67. The summed E-state index contributed by atoms with van der Waals surface area (Å²) in [6.45, 7) is 0. The summed E-state index contributed by atoms with van der Waals surface area (Å²) in [6.07, 6.45) is 1.53. The van der Waals surface area contributed by atoms with Gasteiger partial charge < -0.3 is 9.52 Å². The first-order valence-corrected chi connectivity index (χ1v) is 8.79. The van der Waals surface area contributed by atoms with Crippen LogP contribution in [0.1, 0.15) is 16.1 Å². The van der Waals surface area contributed by atoms with Crippen LogP contribution in [0, 0.1) is 0 Å². The number of carboxylic acids is 1. The van der Waals surface area contributed by atoms with Crippen LogP contribution in [0.15, 0.2) is 73.1 Å². The number of rotatable bonds is 5. The third-order valence-corrected chi connectivity index (χ3v) is 4.36. The molecule has 0 spiro atoms. The van der Waals surface area contributed by atoms with Gasteiger partial charge in [0.25, 0.3) is 0 Å². The molecule has 7 heteroatoms. The summed E-state index contributed by atoms with van der Waals surface area (Å²) in [5, 5.41) is 13.5. The quantitative estimate of drug-likeness (QED) is 0.380. The molecule has 3 rings (SSSR count). The van der Waals surface area contributed by atoms with Crippen LogP contribution in [0.5, 0.6) is 0 Å². The Morgan fingerprint density at radius 3 is 2.48 bits per heavy atom. The Morgan fingerprint density at radius 2 is 1.76 bits per heavy atom. The van der Waals surface area contributed by atoms with Crippen LogP contribution < -0.4 is 5.43 Å². The Morgan fingerprint density at radius 1 is 1.04 bits per heavy atom. The van der Waals surface area contributed by atoms with Gasteiger partial charge in [-0.1, -0.05) is 31.9 Å². The molecule has 0 aliphatic carbocycles. The number of aromatic carboxylic acids is 1. The summed E-state index contributed by atoms with van der Waals surface area (Å²) >= 11 is 6.65. The molecule has 0 saturated carbocycles. The van der Waals surface area contributed by atoms with Gasteiger partial charge in [0.15, 0.2) is 0 Å². The lowest BCUT2D eigenvalue weighted by Crippen LogP contribution is -1.99. The molecule has 0 radical (unpaired) electrons. The summed E-state index contributed by atoms with van der Waals surface area (Å²) in [5.41, 5.74) is 4.41. The molecule has 1 heterocycles. The molecule has 0 saturated heterocycles. The van der Waals surface area contributed by atoms with E-state index < -0.39 is 5.97 Å². The maximum absolute atomic E-state index is 11.4. The number of halogens is 2. The van der Waals surface area contributed by atoms with Crippen LogP contribution in [-0.2, 0) is 0 Å². The van der Waals surface area contributed by atoms with Crippen LogP contribution in [0.4, 0.5) is 5.69 Å². The van der Waals surface area contributed by atoms with Gasteiger partial charge in [-0.25, -0.2) is 4.79 Å². The van der Waals surface area contributed by atoms with Crippen LogP contribution in [0.2, 0.25) is 0 Å². The lowest BCUT2D eigenvalue weighted by Gasteiger charge is -2.03. The zero-order valence-corrected chi connectivity index (χ0v) is 15.9. The van der Waals surface area contributed by atoms with Crippen molar-refractivity contribution < 1.29 is 14.3 Å². The molecule has 25 heavy (non-hydrogen) atoms. The highest BCUT2D eigenvalue weighted by Gasteiger charge is 2.15. The number of nitrogens with one attached hydrogen (secondary N) is 1. The number of furan rings is 1. The molecule has 0 amide bonds. The van der Waals surface area contributed by atoms with Crippen LogP contribution in [0.3, 0.4) is 0 Å². The van der Waals surface area contributed by atoms with E-state index in [1.54, 1.807) is 30.3 Å². The van der Waals surface area contributed by atoms with Gasteiger partial charge in [0.1, 0.15) is 11.5 Å². The van der Waals surface area contributed by atoms with Gasteiger partial charge in [-0.05, 0) is 54.6 Å². The lowest BCUT2D eigenvalue weighted by atomic mass is 10.1. The van der Waals surface area contributed by atoms with Crippen molar-refractivity contribution in [3.8, 4) is 11.3 Å². The third kappa shape index (κ3) is 4.37. The highest BCUT2D eigenvalue weighted by atomic mass is 79.9. The van der Waals surface area contributed by atoms with Gasteiger partial charge in [0.2, 0.25) is 0 Å². The van der Waals surface area contributed by atoms with Gasteiger partial charge in [0, 0.05) is 14.5 Å². The van der Waals surface area contributed by atoms with Crippen molar-refractivity contribution in [1.82, 2.24) is 0 Å². The number of hydrogen-bond acceptors (Lipinski definition) is 4. The molecular weight excluding hydrogens is 452 g/mol. The molecule has 0 aliphatic rings. The number of carboxylic acid groups (broad SMARTS) is 1. The molecule has 3 aromatic rings. The third-order valence-electron chi connectivity index (χ3n) is 3.33. The van der Waals surface area contributed by atoms with E-state index in [2.05, 4.69) is 42.4 Å². The van der Waals surface area contributed by atoms with Gasteiger partial charge in [-0.2, -0.15) is 5.10 Å². The van der Waals surface area contributed by atoms with E-state index in [9.17, 15) is 9.90 Å². The molecule has 0 aliphatic heterocycles. The SMILES string of the molecule is O=C(O)c1cc(Br)ccc1-c1ccc(C=NNc2ccc(Br)cc2)o1. The van der Waals surface area contributed by atoms with E-state index in [1.807, 2.05) is 24.3 Å². The minimum atomic E-state index is -1.01. The summed E-state index contributed by atoms with van der Waals surface area (Å²) in [5.74, 6) is -0.0336. The minimum absolute atomic E-state index is 0.167. The molecule has 2 N–H and O–H groups in total. The fraction of sp³-hybridized carbons (Fsp3) is 0. The lowest BCUT2D eigenvalue weighted by molar-refractivity contribution is 0.0697. The van der Waals surface area contributed by atoms with Crippen LogP contribution >= 0.6 is 31.9 Å². The van der Waals surface area contributed by atoms with Crippen molar-refractivity contribution in [2.24, 2.45) is 5.10 Å². The highest BCUT2D eigenvalue weighted by molar-refractivity contribution is 9.10. The number of carbonyl (C=O) groups is 1. The first-order chi connectivity index (χ1) is 12.0. The fourth-order valence-electron chi connectivity index (χ4n) is 2.17. The zero-order chi connectivity index (χ0) is 17.8. The smallest absolute Gasteiger partial charge is 0.336 e. The predicted molar refractivity (Wildman–Crippen MR) is 104 cm³/mol. The zero-order valence-electron chi connectivity index (χ0n) is 12.7. The maximum atomic E-state index is 11.4. The summed E-state index contributed by atoms with van der Waals surface area (Å²) in [6, 6.07) is 16.1. The number of hydrazone groups is 1.